The third-order valence-electron chi connectivity index (χ3n) is 2.17. The first kappa shape index (κ1) is 8.54. The highest BCUT2D eigenvalue weighted by molar-refractivity contribution is 5.09. The molecule has 1 aliphatic carbocycles. The Morgan fingerprint density at radius 2 is 2.45 bits per heavy atom. The van der Waals surface area contributed by atoms with Crippen molar-refractivity contribution in [3.05, 3.63) is 24.3 Å². The van der Waals surface area contributed by atoms with Gasteiger partial charge in [-0.2, -0.15) is 0 Å². The van der Waals surface area contributed by atoms with Crippen LogP contribution in [0.1, 0.15) is 19.8 Å². The first-order valence-corrected chi connectivity index (χ1v) is 4.32. The largest absolute Gasteiger partial charge is 0.396 e. The smallest absolute Gasteiger partial charge is 0.0470 e. The van der Waals surface area contributed by atoms with Crippen LogP contribution in [0, 0.1) is 11.8 Å². The van der Waals surface area contributed by atoms with Gasteiger partial charge in [-0.05, 0) is 24.7 Å². The summed E-state index contributed by atoms with van der Waals surface area (Å²) < 4.78 is 0. The van der Waals surface area contributed by atoms with Gasteiger partial charge in [0.25, 0.3) is 0 Å². The third kappa shape index (κ3) is 2.19. The average molecular weight is 152 g/mol. The maximum absolute atomic E-state index is 8.96. The second kappa shape index (κ2) is 4.35. The number of aliphatic hydroxyl groups excluding tert-OH is 1. The van der Waals surface area contributed by atoms with Crippen molar-refractivity contribution in [1.29, 1.82) is 0 Å². The molecule has 2 atom stereocenters. The van der Waals surface area contributed by atoms with E-state index in [4.69, 9.17) is 5.11 Å². The molecule has 11 heavy (non-hydrogen) atoms. The Kier molecular flexibility index (Phi) is 3.37. The van der Waals surface area contributed by atoms with Crippen LogP contribution in [0.2, 0.25) is 0 Å². The molecule has 0 aromatic rings. The molecule has 0 fully saturated rings. The summed E-state index contributed by atoms with van der Waals surface area (Å²) in [7, 11) is 0. The molecule has 0 heterocycles. The average Bonchev–Trinajstić information content (AvgIpc) is 2.47. The minimum absolute atomic E-state index is 0.311. The van der Waals surface area contributed by atoms with Gasteiger partial charge in [0.1, 0.15) is 0 Å². The van der Waals surface area contributed by atoms with Crippen LogP contribution in [0.5, 0.6) is 0 Å². The van der Waals surface area contributed by atoms with Crippen LogP contribution in [0.15, 0.2) is 24.3 Å². The zero-order valence-corrected chi connectivity index (χ0v) is 7.03. The summed E-state index contributed by atoms with van der Waals surface area (Å²) in [6.07, 6.45) is 10.8. The molecule has 1 rings (SSSR count). The second-order valence-electron chi connectivity index (χ2n) is 3.02. The van der Waals surface area contributed by atoms with Crippen molar-refractivity contribution in [2.45, 2.75) is 19.8 Å². The monoisotopic (exact) mass is 152 g/mol. The van der Waals surface area contributed by atoms with E-state index in [0.717, 1.165) is 12.8 Å². The fourth-order valence-electron chi connectivity index (χ4n) is 1.44. The summed E-state index contributed by atoms with van der Waals surface area (Å²) >= 11 is 0. The van der Waals surface area contributed by atoms with Crippen molar-refractivity contribution in [1.82, 2.24) is 0 Å². The van der Waals surface area contributed by atoms with Crippen LogP contribution in [0.25, 0.3) is 0 Å². The highest BCUT2D eigenvalue weighted by Gasteiger charge is 2.18. The SMILES string of the molecule is CC/C=C\[C@H]1C=CC[C@H]1CO. The van der Waals surface area contributed by atoms with Gasteiger partial charge in [0.2, 0.25) is 0 Å². The van der Waals surface area contributed by atoms with E-state index < -0.39 is 0 Å². The fourth-order valence-corrected chi connectivity index (χ4v) is 1.44. The highest BCUT2D eigenvalue weighted by atomic mass is 16.3. The molecule has 1 aliphatic rings. The van der Waals surface area contributed by atoms with Gasteiger partial charge in [-0.15, -0.1) is 0 Å². The van der Waals surface area contributed by atoms with Crippen LogP contribution in [-0.4, -0.2) is 11.7 Å². The lowest BCUT2D eigenvalue weighted by Gasteiger charge is -2.11. The molecule has 0 bridgehead atoms. The summed E-state index contributed by atoms with van der Waals surface area (Å²) in [5.74, 6) is 0.928. The van der Waals surface area contributed by atoms with Gasteiger partial charge in [0, 0.05) is 6.61 Å². The number of rotatable bonds is 3. The van der Waals surface area contributed by atoms with Crippen LogP contribution in [-0.2, 0) is 0 Å². The van der Waals surface area contributed by atoms with E-state index in [1.807, 2.05) is 0 Å². The van der Waals surface area contributed by atoms with E-state index in [1.165, 1.54) is 0 Å². The Labute approximate surface area is 68.4 Å². The third-order valence-corrected chi connectivity index (χ3v) is 2.17. The number of aliphatic hydroxyl groups is 1. The molecule has 0 saturated carbocycles. The van der Waals surface area contributed by atoms with E-state index in [9.17, 15) is 0 Å². The normalized spacial score (nSPS) is 30.4. The van der Waals surface area contributed by atoms with Gasteiger partial charge in [-0.25, -0.2) is 0 Å². The molecule has 0 saturated heterocycles. The molecule has 0 radical (unpaired) electrons. The zero-order valence-electron chi connectivity index (χ0n) is 7.03. The molecule has 0 aromatic carbocycles. The number of hydrogen-bond donors (Lipinski definition) is 1. The molecule has 1 N–H and O–H groups in total. The van der Waals surface area contributed by atoms with Gasteiger partial charge in [0.05, 0.1) is 0 Å². The van der Waals surface area contributed by atoms with E-state index in [1.54, 1.807) is 0 Å². The number of hydrogen-bond acceptors (Lipinski definition) is 1. The molecule has 0 spiro atoms. The minimum Gasteiger partial charge on any atom is -0.396 e. The Bertz CT molecular complexity index is 158. The van der Waals surface area contributed by atoms with E-state index in [0.29, 0.717) is 18.4 Å². The predicted octanol–water partition coefficient (Wildman–Crippen LogP) is 2.14. The van der Waals surface area contributed by atoms with E-state index in [-0.39, 0.29) is 0 Å². The maximum atomic E-state index is 8.96. The van der Waals surface area contributed by atoms with Crippen molar-refractivity contribution < 1.29 is 5.11 Å². The van der Waals surface area contributed by atoms with Crippen molar-refractivity contribution in [2.24, 2.45) is 11.8 Å². The topological polar surface area (TPSA) is 20.2 Å². The molecular formula is C10H16O. The van der Waals surface area contributed by atoms with Crippen LogP contribution in [0.3, 0.4) is 0 Å². The van der Waals surface area contributed by atoms with Gasteiger partial charge in [-0.1, -0.05) is 31.2 Å². The van der Waals surface area contributed by atoms with Crippen LogP contribution < -0.4 is 0 Å². The lowest BCUT2D eigenvalue weighted by molar-refractivity contribution is 0.216. The quantitative estimate of drug-likeness (QED) is 0.614. The van der Waals surface area contributed by atoms with Gasteiger partial charge >= 0.3 is 0 Å². The van der Waals surface area contributed by atoms with Crippen LogP contribution in [0.4, 0.5) is 0 Å². The highest BCUT2D eigenvalue weighted by Crippen LogP contribution is 2.25. The van der Waals surface area contributed by atoms with Crippen molar-refractivity contribution >= 4 is 0 Å². The summed E-state index contributed by atoms with van der Waals surface area (Å²) in [6.45, 7) is 2.44. The first-order valence-electron chi connectivity index (χ1n) is 4.32. The molecular weight excluding hydrogens is 136 g/mol. The summed E-state index contributed by atoms with van der Waals surface area (Å²) in [4.78, 5) is 0. The molecule has 0 aromatic heterocycles. The Balaban J connectivity index is 2.43. The molecule has 1 heteroatoms. The molecule has 0 unspecified atom stereocenters. The van der Waals surface area contributed by atoms with Crippen molar-refractivity contribution in [2.75, 3.05) is 6.61 Å². The Morgan fingerprint density at radius 3 is 3.09 bits per heavy atom. The molecule has 0 amide bonds. The van der Waals surface area contributed by atoms with Crippen LogP contribution >= 0.6 is 0 Å². The standard InChI is InChI=1S/C10H16O/c1-2-3-5-9-6-4-7-10(9)8-11/h3-6,9-11H,2,7-8H2,1H3/b5-3-/t9-,10-/m0/s1. The van der Waals surface area contributed by atoms with Gasteiger partial charge in [0.15, 0.2) is 0 Å². The summed E-state index contributed by atoms with van der Waals surface area (Å²) in [5.41, 5.74) is 0. The van der Waals surface area contributed by atoms with Crippen molar-refractivity contribution in [3.8, 4) is 0 Å². The van der Waals surface area contributed by atoms with E-state index in [2.05, 4.69) is 31.2 Å². The zero-order chi connectivity index (χ0) is 8.10. The Morgan fingerprint density at radius 1 is 1.64 bits per heavy atom. The molecule has 62 valence electrons. The predicted molar refractivity (Wildman–Crippen MR) is 47.3 cm³/mol. The molecule has 0 aliphatic heterocycles. The lowest BCUT2D eigenvalue weighted by Crippen LogP contribution is -2.09. The number of allylic oxidation sites excluding steroid dienone is 4. The first-order chi connectivity index (χ1) is 5.38. The minimum atomic E-state index is 0.311. The summed E-state index contributed by atoms with van der Waals surface area (Å²) in [5, 5.41) is 8.96. The van der Waals surface area contributed by atoms with Gasteiger partial charge < -0.3 is 5.11 Å². The lowest BCUT2D eigenvalue weighted by atomic mass is 9.96. The fraction of sp³-hybridized carbons (Fsp3) is 0.600. The van der Waals surface area contributed by atoms with Gasteiger partial charge in [-0.3, -0.25) is 0 Å². The summed E-state index contributed by atoms with van der Waals surface area (Å²) in [6, 6.07) is 0. The maximum Gasteiger partial charge on any atom is 0.0470 e. The second-order valence-corrected chi connectivity index (χ2v) is 3.02. The van der Waals surface area contributed by atoms with E-state index >= 15 is 0 Å². The van der Waals surface area contributed by atoms with Crippen molar-refractivity contribution in [3.63, 3.8) is 0 Å². The Hall–Kier alpha value is -0.560. The molecule has 1 nitrogen and oxygen atoms in total.